The van der Waals surface area contributed by atoms with Gasteiger partial charge in [-0.05, 0) is 50.8 Å². The second-order valence-electron chi connectivity index (χ2n) is 6.65. The van der Waals surface area contributed by atoms with Crippen molar-refractivity contribution in [3.63, 3.8) is 0 Å². The third-order valence-corrected chi connectivity index (χ3v) is 4.40. The van der Waals surface area contributed by atoms with E-state index in [0.717, 1.165) is 31.5 Å². The highest BCUT2D eigenvalue weighted by Gasteiger charge is 2.33. The van der Waals surface area contributed by atoms with Crippen LogP contribution in [0.15, 0.2) is 24.3 Å². The summed E-state index contributed by atoms with van der Waals surface area (Å²) >= 11 is 5.94. The Morgan fingerprint density at radius 1 is 1.26 bits per heavy atom. The number of benzene rings is 1. The Balaban J connectivity index is 2.25. The van der Waals surface area contributed by atoms with Gasteiger partial charge in [0.15, 0.2) is 0 Å². The van der Waals surface area contributed by atoms with Crippen molar-refractivity contribution in [2.45, 2.75) is 44.6 Å². The lowest BCUT2D eigenvalue weighted by Crippen LogP contribution is -2.46. The molecule has 1 unspecified atom stereocenters. The van der Waals surface area contributed by atoms with Gasteiger partial charge < -0.3 is 15.3 Å². The molecule has 6 heteroatoms. The van der Waals surface area contributed by atoms with Crippen LogP contribution in [-0.2, 0) is 4.79 Å². The zero-order chi connectivity index (χ0) is 17.0. The lowest BCUT2D eigenvalue weighted by atomic mass is 9.85. The van der Waals surface area contributed by atoms with Crippen LogP contribution in [0.4, 0.5) is 4.79 Å². The third kappa shape index (κ3) is 4.86. The van der Waals surface area contributed by atoms with Gasteiger partial charge in [0.2, 0.25) is 5.91 Å². The van der Waals surface area contributed by atoms with Gasteiger partial charge in [-0.1, -0.05) is 23.7 Å². The minimum atomic E-state index is -1.08. The lowest BCUT2D eigenvalue weighted by Gasteiger charge is -2.31. The van der Waals surface area contributed by atoms with Crippen LogP contribution in [0.5, 0.6) is 0 Å². The molecule has 126 valence electrons. The summed E-state index contributed by atoms with van der Waals surface area (Å²) in [5, 5.41) is 12.1. The number of nitrogens with one attached hydrogen (secondary N) is 1. The first-order valence-electron chi connectivity index (χ1n) is 7.84. The summed E-state index contributed by atoms with van der Waals surface area (Å²) in [6.07, 6.45) is 1.36. The molecule has 0 saturated carbocycles. The molecule has 5 nitrogen and oxygen atoms in total. The van der Waals surface area contributed by atoms with E-state index in [0.29, 0.717) is 11.4 Å². The Morgan fingerprint density at radius 3 is 2.35 bits per heavy atom. The van der Waals surface area contributed by atoms with Gasteiger partial charge in [0.1, 0.15) is 0 Å². The molecule has 1 fully saturated rings. The van der Waals surface area contributed by atoms with E-state index >= 15 is 0 Å². The highest BCUT2D eigenvalue weighted by molar-refractivity contribution is 6.30. The SMILES string of the molecule is CC(C)(CC(C(=O)N1CCCC1)c1ccc(Cl)cc1)NC(=O)O. The van der Waals surface area contributed by atoms with Crippen LogP contribution in [-0.4, -0.2) is 40.6 Å². The smallest absolute Gasteiger partial charge is 0.405 e. The maximum Gasteiger partial charge on any atom is 0.405 e. The summed E-state index contributed by atoms with van der Waals surface area (Å²) in [7, 11) is 0. The van der Waals surface area contributed by atoms with E-state index in [4.69, 9.17) is 16.7 Å². The molecule has 0 radical (unpaired) electrons. The topological polar surface area (TPSA) is 69.6 Å². The molecule has 2 N–H and O–H groups in total. The van der Waals surface area contributed by atoms with Gasteiger partial charge in [0.05, 0.1) is 5.92 Å². The van der Waals surface area contributed by atoms with Gasteiger partial charge in [0, 0.05) is 23.7 Å². The van der Waals surface area contributed by atoms with Crippen molar-refractivity contribution in [1.29, 1.82) is 0 Å². The fourth-order valence-corrected chi connectivity index (χ4v) is 3.18. The summed E-state index contributed by atoms with van der Waals surface area (Å²) in [5.74, 6) is -0.322. The molecular formula is C17H23ClN2O3. The number of amides is 2. The number of likely N-dealkylation sites (tertiary alicyclic amines) is 1. The van der Waals surface area contributed by atoms with Crippen LogP contribution < -0.4 is 5.32 Å². The molecule has 1 aromatic carbocycles. The van der Waals surface area contributed by atoms with Crippen LogP contribution in [0, 0.1) is 0 Å². The largest absolute Gasteiger partial charge is 0.465 e. The highest BCUT2D eigenvalue weighted by Crippen LogP contribution is 2.30. The number of nitrogens with zero attached hydrogens (tertiary/aromatic N) is 1. The van der Waals surface area contributed by atoms with E-state index in [1.807, 2.05) is 17.0 Å². The minimum absolute atomic E-state index is 0.0603. The molecule has 0 spiro atoms. The Hall–Kier alpha value is -1.75. The molecule has 23 heavy (non-hydrogen) atoms. The fraction of sp³-hybridized carbons (Fsp3) is 0.529. The maximum atomic E-state index is 12.9. The van der Waals surface area contributed by atoms with Crippen LogP contribution in [0.25, 0.3) is 0 Å². The molecule has 1 heterocycles. The molecule has 2 amide bonds. The molecule has 0 bridgehead atoms. The van der Waals surface area contributed by atoms with Gasteiger partial charge in [-0.15, -0.1) is 0 Å². The van der Waals surface area contributed by atoms with E-state index in [2.05, 4.69) is 5.32 Å². The van der Waals surface area contributed by atoms with Gasteiger partial charge in [-0.2, -0.15) is 0 Å². The Bertz CT molecular complexity index is 566. The van der Waals surface area contributed by atoms with Crippen molar-refractivity contribution in [3.8, 4) is 0 Å². The molecule has 2 rings (SSSR count). The zero-order valence-electron chi connectivity index (χ0n) is 13.5. The summed E-state index contributed by atoms with van der Waals surface area (Å²) in [6.45, 7) is 5.13. The van der Waals surface area contributed by atoms with E-state index in [9.17, 15) is 9.59 Å². The van der Waals surface area contributed by atoms with Gasteiger partial charge >= 0.3 is 6.09 Å². The Labute approximate surface area is 141 Å². The maximum absolute atomic E-state index is 12.9. The summed E-state index contributed by atoms with van der Waals surface area (Å²) in [6, 6.07) is 7.22. The monoisotopic (exact) mass is 338 g/mol. The zero-order valence-corrected chi connectivity index (χ0v) is 14.3. The molecule has 1 aliphatic heterocycles. The number of hydrogen-bond acceptors (Lipinski definition) is 2. The van der Waals surface area contributed by atoms with Crippen molar-refractivity contribution in [1.82, 2.24) is 10.2 Å². The predicted molar refractivity (Wildman–Crippen MR) is 89.9 cm³/mol. The minimum Gasteiger partial charge on any atom is -0.465 e. The fourth-order valence-electron chi connectivity index (χ4n) is 3.05. The normalized spacial score (nSPS) is 16.2. The number of rotatable bonds is 5. The van der Waals surface area contributed by atoms with Gasteiger partial charge in [0.25, 0.3) is 0 Å². The van der Waals surface area contributed by atoms with Crippen molar-refractivity contribution in [2.75, 3.05) is 13.1 Å². The first-order valence-corrected chi connectivity index (χ1v) is 8.22. The predicted octanol–water partition coefficient (Wildman–Crippen LogP) is 3.48. The second kappa shape index (κ2) is 7.21. The van der Waals surface area contributed by atoms with Crippen LogP contribution in [0.2, 0.25) is 5.02 Å². The molecule has 0 aliphatic carbocycles. The Kier molecular flexibility index (Phi) is 5.52. The van der Waals surface area contributed by atoms with Crippen molar-refractivity contribution in [3.05, 3.63) is 34.9 Å². The van der Waals surface area contributed by atoms with Gasteiger partial charge in [-0.25, -0.2) is 4.79 Å². The molecule has 1 aromatic rings. The summed E-state index contributed by atoms with van der Waals surface area (Å²) < 4.78 is 0. The number of carbonyl (C=O) groups excluding carboxylic acids is 1. The molecule has 1 atom stereocenters. The van der Waals surface area contributed by atoms with Crippen LogP contribution in [0.1, 0.15) is 44.6 Å². The van der Waals surface area contributed by atoms with E-state index in [1.165, 1.54) is 0 Å². The van der Waals surface area contributed by atoms with Gasteiger partial charge in [-0.3, -0.25) is 4.79 Å². The number of hydrogen-bond donors (Lipinski definition) is 2. The quantitative estimate of drug-likeness (QED) is 0.863. The van der Waals surface area contributed by atoms with Crippen molar-refractivity contribution >= 4 is 23.6 Å². The average Bonchev–Trinajstić information content (AvgIpc) is 2.98. The van der Waals surface area contributed by atoms with Crippen molar-refractivity contribution < 1.29 is 14.7 Å². The average molecular weight is 339 g/mol. The van der Waals surface area contributed by atoms with Crippen LogP contribution >= 0.6 is 11.6 Å². The highest BCUT2D eigenvalue weighted by atomic mass is 35.5. The van der Waals surface area contributed by atoms with E-state index < -0.39 is 11.6 Å². The molecular weight excluding hydrogens is 316 g/mol. The number of halogens is 1. The van der Waals surface area contributed by atoms with Crippen LogP contribution in [0.3, 0.4) is 0 Å². The molecule has 0 aromatic heterocycles. The van der Waals surface area contributed by atoms with E-state index in [-0.39, 0.29) is 11.8 Å². The van der Waals surface area contributed by atoms with Crippen molar-refractivity contribution in [2.24, 2.45) is 0 Å². The third-order valence-electron chi connectivity index (χ3n) is 4.15. The number of carboxylic acid groups (broad SMARTS) is 1. The standard InChI is InChI=1S/C17H23ClN2O3/c1-17(2,19-16(22)23)11-14(12-5-7-13(18)8-6-12)15(21)20-9-3-4-10-20/h5-8,14,19H,3-4,9-11H2,1-2H3,(H,22,23). The first-order chi connectivity index (χ1) is 10.8. The number of carbonyl (C=O) groups is 2. The molecule has 1 saturated heterocycles. The lowest BCUT2D eigenvalue weighted by molar-refractivity contribution is -0.132. The molecule has 1 aliphatic rings. The first kappa shape index (κ1) is 17.6. The summed E-state index contributed by atoms with van der Waals surface area (Å²) in [4.78, 5) is 25.8. The van der Waals surface area contributed by atoms with E-state index in [1.54, 1.807) is 26.0 Å². The second-order valence-corrected chi connectivity index (χ2v) is 7.09. The Morgan fingerprint density at radius 2 is 1.83 bits per heavy atom. The summed E-state index contributed by atoms with van der Waals surface area (Å²) in [5.41, 5.74) is 0.164.